The summed E-state index contributed by atoms with van der Waals surface area (Å²) in [6.45, 7) is -0.0904. The molecule has 0 saturated carbocycles. The van der Waals surface area contributed by atoms with Gasteiger partial charge in [0.25, 0.3) is 0 Å². The Balaban J connectivity index is 2.45. The number of anilines is 1. The third kappa shape index (κ3) is 3.00. The average molecular weight is 298 g/mol. The molecule has 0 spiro atoms. The van der Waals surface area contributed by atoms with Crippen LogP contribution in [0, 0.1) is 23.3 Å². The van der Waals surface area contributed by atoms with E-state index in [1.54, 1.807) is 6.07 Å². The molecule has 2 N–H and O–H groups in total. The Morgan fingerprint density at radius 3 is 2.19 bits per heavy atom. The van der Waals surface area contributed by atoms with Crippen molar-refractivity contribution < 1.29 is 17.6 Å². The molecule has 0 fully saturated rings. The van der Waals surface area contributed by atoms with Crippen LogP contribution in [0.15, 0.2) is 36.4 Å². The molecule has 2 aromatic carbocycles. The molecular weight excluding hydrogens is 284 g/mol. The van der Waals surface area contributed by atoms with Gasteiger partial charge in [-0.05, 0) is 18.2 Å². The summed E-state index contributed by atoms with van der Waals surface area (Å²) in [7, 11) is 1.51. The van der Waals surface area contributed by atoms with Gasteiger partial charge in [0.2, 0.25) is 0 Å². The molecule has 112 valence electrons. The van der Waals surface area contributed by atoms with Gasteiger partial charge in [0.05, 0.1) is 11.7 Å². The van der Waals surface area contributed by atoms with Crippen molar-refractivity contribution in [2.75, 3.05) is 18.5 Å². The predicted octanol–water partition coefficient (Wildman–Crippen LogP) is 3.38. The van der Waals surface area contributed by atoms with Gasteiger partial charge in [-0.3, -0.25) is 0 Å². The fourth-order valence-corrected chi connectivity index (χ4v) is 2.19. The second-order valence-corrected chi connectivity index (χ2v) is 4.60. The number of nitrogens with zero attached hydrogens (tertiary/aromatic N) is 1. The lowest BCUT2D eigenvalue weighted by molar-refractivity contribution is 0.482. The highest BCUT2D eigenvalue weighted by Gasteiger charge is 2.23. The summed E-state index contributed by atoms with van der Waals surface area (Å²) in [5.74, 6) is -3.89. The summed E-state index contributed by atoms with van der Waals surface area (Å²) in [5, 5.41) is 0. The first-order valence-electron chi connectivity index (χ1n) is 6.27. The van der Waals surface area contributed by atoms with Crippen molar-refractivity contribution in [3.8, 4) is 0 Å². The zero-order chi connectivity index (χ0) is 15.6. The molecule has 6 heteroatoms. The van der Waals surface area contributed by atoms with Crippen molar-refractivity contribution in [3.05, 3.63) is 65.2 Å². The van der Waals surface area contributed by atoms with E-state index >= 15 is 0 Å². The number of likely N-dealkylation sites (N-methyl/N-ethyl adjacent to an activating group) is 1. The van der Waals surface area contributed by atoms with Crippen LogP contribution in [0.5, 0.6) is 0 Å². The van der Waals surface area contributed by atoms with Crippen molar-refractivity contribution >= 4 is 5.69 Å². The van der Waals surface area contributed by atoms with Crippen LogP contribution in [0.4, 0.5) is 23.2 Å². The van der Waals surface area contributed by atoms with Gasteiger partial charge in [0, 0.05) is 25.2 Å². The van der Waals surface area contributed by atoms with Crippen LogP contribution in [-0.2, 0) is 0 Å². The number of rotatable bonds is 4. The van der Waals surface area contributed by atoms with Gasteiger partial charge in [0.15, 0.2) is 11.6 Å². The van der Waals surface area contributed by atoms with Crippen LogP contribution < -0.4 is 10.6 Å². The van der Waals surface area contributed by atoms with Crippen LogP contribution >= 0.6 is 0 Å². The summed E-state index contributed by atoms with van der Waals surface area (Å²) in [6.07, 6.45) is 0. The summed E-state index contributed by atoms with van der Waals surface area (Å²) >= 11 is 0. The lowest BCUT2D eigenvalue weighted by Gasteiger charge is -2.30. The minimum atomic E-state index is -1.28. The van der Waals surface area contributed by atoms with Crippen molar-refractivity contribution in [1.82, 2.24) is 0 Å². The Labute approximate surface area is 119 Å². The maximum Gasteiger partial charge on any atom is 0.161 e. The third-order valence-electron chi connectivity index (χ3n) is 3.32. The fraction of sp³-hybridized carbons (Fsp3) is 0.200. The Morgan fingerprint density at radius 2 is 1.57 bits per heavy atom. The Kier molecular flexibility index (Phi) is 4.47. The number of para-hydroxylation sites is 1. The SMILES string of the molecule is CN(c1ccccc1F)C(CN)c1cc(F)c(F)cc1F. The number of halogens is 4. The van der Waals surface area contributed by atoms with E-state index in [9.17, 15) is 17.6 Å². The van der Waals surface area contributed by atoms with E-state index < -0.39 is 29.3 Å². The van der Waals surface area contributed by atoms with Crippen molar-refractivity contribution in [2.24, 2.45) is 5.73 Å². The molecule has 2 aromatic rings. The highest BCUT2D eigenvalue weighted by Crippen LogP contribution is 2.29. The molecule has 2 rings (SSSR count). The molecule has 0 saturated heterocycles. The molecule has 0 amide bonds. The molecule has 0 aliphatic carbocycles. The fourth-order valence-electron chi connectivity index (χ4n) is 2.19. The molecule has 1 atom stereocenters. The first-order chi connectivity index (χ1) is 9.95. The zero-order valence-electron chi connectivity index (χ0n) is 11.3. The van der Waals surface area contributed by atoms with E-state index in [1.807, 2.05) is 0 Å². The van der Waals surface area contributed by atoms with Crippen LogP contribution in [0.25, 0.3) is 0 Å². The zero-order valence-corrected chi connectivity index (χ0v) is 11.3. The number of nitrogens with two attached hydrogens (primary N) is 1. The van der Waals surface area contributed by atoms with Gasteiger partial charge in [-0.25, -0.2) is 17.6 Å². The van der Waals surface area contributed by atoms with E-state index in [4.69, 9.17) is 5.73 Å². The second-order valence-electron chi connectivity index (χ2n) is 4.60. The van der Waals surface area contributed by atoms with E-state index in [0.717, 1.165) is 6.07 Å². The monoisotopic (exact) mass is 298 g/mol. The van der Waals surface area contributed by atoms with Gasteiger partial charge >= 0.3 is 0 Å². The van der Waals surface area contributed by atoms with Gasteiger partial charge < -0.3 is 10.6 Å². The first kappa shape index (κ1) is 15.3. The topological polar surface area (TPSA) is 29.3 Å². The number of hydrogen-bond donors (Lipinski definition) is 1. The van der Waals surface area contributed by atoms with Gasteiger partial charge in [-0.15, -0.1) is 0 Å². The molecule has 0 radical (unpaired) electrons. The predicted molar refractivity (Wildman–Crippen MR) is 72.9 cm³/mol. The highest BCUT2D eigenvalue weighted by atomic mass is 19.2. The summed E-state index contributed by atoms with van der Waals surface area (Å²) in [5.41, 5.74) is 5.67. The Morgan fingerprint density at radius 1 is 0.952 bits per heavy atom. The van der Waals surface area contributed by atoms with E-state index in [-0.39, 0.29) is 17.8 Å². The quantitative estimate of drug-likeness (QED) is 0.692. The van der Waals surface area contributed by atoms with Crippen molar-refractivity contribution in [2.45, 2.75) is 6.04 Å². The van der Waals surface area contributed by atoms with Crippen LogP contribution in [0.2, 0.25) is 0 Å². The average Bonchev–Trinajstić information content (AvgIpc) is 2.45. The standard InChI is InChI=1S/C15H14F4N2/c1-21(14-5-3-2-4-10(14)16)15(8-20)9-6-12(18)13(19)7-11(9)17/h2-7,15H,8,20H2,1H3. The van der Waals surface area contributed by atoms with E-state index in [0.29, 0.717) is 6.07 Å². The molecule has 0 heterocycles. The van der Waals surface area contributed by atoms with Crippen LogP contribution in [0.1, 0.15) is 11.6 Å². The molecule has 2 nitrogen and oxygen atoms in total. The normalized spacial score (nSPS) is 12.3. The van der Waals surface area contributed by atoms with Gasteiger partial charge in [0.1, 0.15) is 11.6 Å². The number of hydrogen-bond acceptors (Lipinski definition) is 2. The summed E-state index contributed by atoms with van der Waals surface area (Å²) in [4.78, 5) is 1.39. The maximum atomic E-state index is 13.9. The third-order valence-corrected chi connectivity index (χ3v) is 3.32. The van der Waals surface area contributed by atoms with E-state index in [1.165, 1.54) is 30.1 Å². The lowest BCUT2D eigenvalue weighted by atomic mass is 10.0. The molecular formula is C15H14F4N2. The highest BCUT2D eigenvalue weighted by molar-refractivity contribution is 5.49. The molecule has 21 heavy (non-hydrogen) atoms. The van der Waals surface area contributed by atoms with Crippen molar-refractivity contribution in [3.63, 3.8) is 0 Å². The Bertz CT molecular complexity index is 646. The van der Waals surface area contributed by atoms with Crippen LogP contribution in [0.3, 0.4) is 0 Å². The van der Waals surface area contributed by atoms with Crippen molar-refractivity contribution in [1.29, 1.82) is 0 Å². The largest absolute Gasteiger partial charge is 0.364 e. The number of benzene rings is 2. The molecule has 0 aliphatic rings. The molecule has 0 aromatic heterocycles. The van der Waals surface area contributed by atoms with E-state index in [2.05, 4.69) is 0 Å². The second kappa shape index (κ2) is 6.13. The molecule has 0 aliphatic heterocycles. The summed E-state index contributed by atoms with van der Waals surface area (Å²) < 4.78 is 54.0. The van der Waals surface area contributed by atoms with Gasteiger partial charge in [-0.2, -0.15) is 0 Å². The lowest BCUT2D eigenvalue weighted by Crippen LogP contribution is -2.32. The maximum absolute atomic E-state index is 13.9. The Hall–Kier alpha value is -2.08. The minimum absolute atomic E-state index is 0.0904. The van der Waals surface area contributed by atoms with Gasteiger partial charge in [-0.1, -0.05) is 12.1 Å². The summed E-state index contributed by atoms with van der Waals surface area (Å²) in [6, 6.07) is 6.27. The smallest absolute Gasteiger partial charge is 0.161 e. The molecule has 1 unspecified atom stereocenters. The minimum Gasteiger partial charge on any atom is -0.364 e. The van der Waals surface area contributed by atoms with Crippen LogP contribution in [-0.4, -0.2) is 13.6 Å². The first-order valence-corrected chi connectivity index (χ1v) is 6.27. The molecule has 0 bridgehead atoms.